The van der Waals surface area contributed by atoms with E-state index in [1.54, 1.807) is 17.0 Å². The smallest absolute Gasteiger partial charge is 0.322 e. The highest BCUT2D eigenvalue weighted by molar-refractivity contribution is 6.01. The van der Waals surface area contributed by atoms with Gasteiger partial charge in [-0.2, -0.15) is 0 Å². The van der Waals surface area contributed by atoms with Crippen LogP contribution in [0.2, 0.25) is 0 Å². The molecule has 0 aliphatic carbocycles. The summed E-state index contributed by atoms with van der Waals surface area (Å²) < 4.78 is 0. The van der Waals surface area contributed by atoms with Crippen molar-refractivity contribution in [2.75, 3.05) is 11.9 Å². The lowest BCUT2D eigenvalue weighted by atomic mass is 10.1. The summed E-state index contributed by atoms with van der Waals surface area (Å²) >= 11 is 0. The number of benzene rings is 3. The normalized spacial score (nSPS) is 10.6. The van der Waals surface area contributed by atoms with Crippen LogP contribution in [0.5, 0.6) is 5.75 Å². The molecule has 0 heterocycles. The fourth-order valence-electron chi connectivity index (χ4n) is 2.87. The number of fused-ring (bicyclic) bond motifs is 1. The third-order valence-corrected chi connectivity index (χ3v) is 4.12. The quantitative estimate of drug-likeness (QED) is 0.690. The van der Waals surface area contributed by atoms with Crippen LogP contribution in [0, 0.1) is 0 Å². The number of carbonyl (C=O) groups excluding carboxylic acids is 1. The minimum absolute atomic E-state index is 0.119. The van der Waals surface area contributed by atoms with Crippen LogP contribution in [0.1, 0.15) is 18.9 Å². The molecule has 3 rings (SSSR count). The maximum atomic E-state index is 12.8. The Bertz CT molecular complexity index is 854. The number of carbonyl (C=O) groups is 1. The molecule has 25 heavy (non-hydrogen) atoms. The third-order valence-electron chi connectivity index (χ3n) is 4.12. The lowest BCUT2D eigenvalue weighted by Crippen LogP contribution is -2.35. The molecule has 0 radical (unpaired) electrons. The molecule has 4 nitrogen and oxygen atoms in total. The predicted octanol–water partition coefficient (Wildman–Crippen LogP) is 4.99. The van der Waals surface area contributed by atoms with Gasteiger partial charge in [-0.3, -0.25) is 0 Å². The topological polar surface area (TPSA) is 52.6 Å². The Kier molecular flexibility index (Phi) is 5.19. The van der Waals surface area contributed by atoms with E-state index in [1.807, 2.05) is 54.6 Å². The van der Waals surface area contributed by atoms with Crippen LogP contribution in [0.25, 0.3) is 10.8 Å². The van der Waals surface area contributed by atoms with Crippen LogP contribution in [0.4, 0.5) is 10.5 Å². The van der Waals surface area contributed by atoms with Crippen LogP contribution in [-0.2, 0) is 6.54 Å². The molecular formula is C21H22N2O2. The van der Waals surface area contributed by atoms with Crippen molar-refractivity contribution in [2.45, 2.75) is 19.9 Å². The van der Waals surface area contributed by atoms with Crippen molar-refractivity contribution in [2.24, 2.45) is 0 Å². The van der Waals surface area contributed by atoms with Gasteiger partial charge in [-0.05, 0) is 35.6 Å². The summed E-state index contributed by atoms with van der Waals surface area (Å²) in [5, 5.41) is 14.6. The molecule has 3 aromatic carbocycles. The van der Waals surface area contributed by atoms with Gasteiger partial charge >= 0.3 is 6.03 Å². The summed E-state index contributed by atoms with van der Waals surface area (Å²) in [7, 11) is 0. The molecule has 0 aliphatic heterocycles. The molecule has 2 amide bonds. The first kappa shape index (κ1) is 16.8. The van der Waals surface area contributed by atoms with Crippen LogP contribution < -0.4 is 5.32 Å². The zero-order valence-corrected chi connectivity index (χ0v) is 14.3. The number of phenolic OH excluding ortho intramolecular Hbond substituents is 1. The van der Waals surface area contributed by atoms with Crippen molar-refractivity contribution in [3.05, 3.63) is 72.3 Å². The Morgan fingerprint density at radius 2 is 1.72 bits per heavy atom. The Labute approximate surface area is 147 Å². The molecule has 0 unspecified atom stereocenters. The number of aromatic hydroxyl groups is 1. The predicted molar refractivity (Wildman–Crippen MR) is 102 cm³/mol. The van der Waals surface area contributed by atoms with Gasteiger partial charge in [-0.25, -0.2) is 4.79 Å². The first-order chi connectivity index (χ1) is 12.2. The second kappa shape index (κ2) is 7.71. The van der Waals surface area contributed by atoms with Gasteiger partial charge in [0, 0.05) is 18.5 Å². The maximum Gasteiger partial charge on any atom is 0.322 e. The Hall–Kier alpha value is -3.01. The minimum Gasteiger partial charge on any atom is -0.508 e. The number of rotatable bonds is 5. The van der Waals surface area contributed by atoms with E-state index in [1.165, 1.54) is 0 Å². The molecule has 0 bridgehead atoms. The van der Waals surface area contributed by atoms with Crippen molar-refractivity contribution in [3.8, 4) is 5.75 Å². The number of nitrogens with zero attached hydrogens (tertiary/aromatic N) is 1. The standard InChI is InChI=1S/C21H22N2O2/c1-2-14-23(15-16-10-12-18(24)13-11-16)21(25)22-20-9-5-7-17-6-3-4-8-19(17)20/h3-13,24H,2,14-15H2,1H3,(H,22,25). The monoisotopic (exact) mass is 334 g/mol. The average Bonchev–Trinajstić information content (AvgIpc) is 2.63. The van der Waals surface area contributed by atoms with Crippen molar-refractivity contribution in [3.63, 3.8) is 0 Å². The Balaban J connectivity index is 1.79. The zero-order chi connectivity index (χ0) is 17.6. The summed E-state index contributed by atoms with van der Waals surface area (Å²) in [6.45, 7) is 3.22. The molecule has 0 atom stereocenters. The van der Waals surface area contributed by atoms with Gasteiger partial charge in [0.1, 0.15) is 5.75 Å². The molecule has 0 aliphatic rings. The average molecular weight is 334 g/mol. The van der Waals surface area contributed by atoms with Gasteiger partial charge in [0.05, 0.1) is 5.69 Å². The van der Waals surface area contributed by atoms with E-state index in [0.717, 1.165) is 28.4 Å². The lowest BCUT2D eigenvalue weighted by Gasteiger charge is -2.23. The largest absolute Gasteiger partial charge is 0.508 e. The van der Waals surface area contributed by atoms with Crippen molar-refractivity contribution >= 4 is 22.5 Å². The van der Waals surface area contributed by atoms with Crippen molar-refractivity contribution < 1.29 is 9.90 Å². The summed E-state index contributed by atoms with van der Waals surface area (Å²) in [6.07, 6.45) is 0.876. The highest BCUT2D eigenvalue weighted by Gasteiger charge is 2.14. The van der Waals surface area contributed by atoms with Crippen LogP contribution in [-0.4, -0.2) is 22.6 Å². The fraction of sp³-hybridized carbons (Fsp3) is 0.190. The van der Waals surface area contributed by atoms with E-state index >= 15 is 0 Å². The van der Waals surface area contributed by atoms with Gasteiger partial charge in [0.25, 0.3) is 0 Å². The molecule has 0 fully saturated rings. The second-order valence-corrected chi connectivity index (χ2v) is 6.04. The van der Waals surface area contributed by atoms with Gasteiger partial charge in [-0.1, -0.05) is 55.5 Å². The highest BCUT2D eigenvalue weighted by Crippen LogP contribution is 2.23. The molecule has 4 heteroatoms. The number of anilines is 1. The van der Waals surface area contributed by atoms with E-state index in [9.17, 15) is 9.90 Å². The van der Waals surface area contributed by atoms with E-state index < -0.39 is 0 Å². The Morgan fingerprint density at radius 3 is 2.48 bits per heavy atom. The van der Waals surface area contributed by atoms with Gasteiger partial charge in [-0.15, -0.1) is 0 Å². The molecule has 0 saturated heterocycles. The summed E-state index contributed by atoms with van der Waals surface area (Å²) in [6, 6.07) is 20.7. The summed E-state index contributed by atoms with van der Waals surface area (Å²) in [5.41, 5.74) is 1.80. The fourth-order valence-corrected chi connectivity index (χ4v) is 2.87. The maximum absolute atomic E-state index is 12.8. The van der Waals surface area contributed by atoms with Crippen LogP contribution >= 0.6 is 0 Å². The third kappa shape index (κ3) is 4.10. The van der Waals surface area contributed by atoms with Crippen molar-refractivity contribution in [1.29, 1.82) is 0 Å². The van der Waals surface area contributed by atoms with Gasteiger partial charge < -0.3 is 15.3 Å². The first-order valence-electron chi connectivity index (χ1n) is 8.49. The molecule has 2 N–H and O–H groups in total. The first-order valence-corrected chi connectivity index (χ1v) is 8.49. The summed E-state index contributed by atoms with van der Waals surface area (Å²) in [5.74, 6) is 0.228. The number of amides is 2. The molecular weight excluding hydrogens is 312 g/mol. The SMILES string of the molecule is CCCN(Cc1ccc(O)cc1)C(=O)Nc1cccc2ccccc12. The molecule has 128 valence electrons. The molecule has 0 saturated carbocycles. The number of hydrogen-bond donors (Lipinski definition) is 2. The van der Waals surface area contributed by atoms with E-state index in [2.05, 4.69) is 12.2 Å². The second-order valence-electron chi connectivity index (χ2n) is 6.04. The van der Waals surface area contributed by atoms with Crippen molar-refractivity contribution in [1.82, 2.24) is 4.90 Å². The number of urea groups is 1. The van der Waals surface area contributed by atoms with Gasteiger partial charge in [0.15, 0.2) is 0 Å². The molecule has 0 aromatic heterocycles. The number of hydrogen-bond acceptors (Lipinski definition) is 2. The van der Waals surface area contributed by atoms with E-state index in [4.69, 9.17) is 0 Å². The van der Waals surface area contributed by atoms with Crippen LogP contribution in [0.15, 0.2) is 66.7 Å². The number of nitrogens with one attached hydrogen (secondary N) is 1. The highest BCUT2D eigenvalue weighted by atomic mass is 16.3. The zero-order valence-electron chi connectivity index (χ0n) is 14.3. The molecule has 3 aromatic rings. The number of phenols is 1. The Morgan fingerprint density at radius 1 is 1.00 bits per heavy atom. The molecule has 0 spiro atoms. The van der Waals surface area contributed by atoms with E-state index in [0.29, 0.717) is 13.1 Å². The lowest BCUT2D eigenvalue weighted by molar-refractivity contribution is 0.209. The minimum atomic E-state index is -0.119. The van der Waals surface area contributed by atoms with Gasteiger partial charge in [0.2, 0.25) is 0 Å². The van der Waals surface area contributed by atoms with E-state index in [-0.39, 0.29) is 11.8 Å². The van der Waals surface area contributed by atoms with Crippen LogP contribution in [0.3, 0.4) is 0 Å². The summed E-state index contributed by atoms with van der Waals surface area (Å²) in [4.78, 5) is 14.6.